The van der Waals surface area contributed by atoms with Gasteiger partial charge in [0.15, 0.2) is 0 Å². The molecule has 1 N–H and O–H groups in total. The standard InChI is InChI=1S/C11H21NO/c1-4-10(13)12-9-7-11(5-2,6-3)8-9/h9H,4-8H2,1-3H3,(H,12,13). The van der Waals surface area contributed by atoms with Gasteiger partial charge in [-0.25, -0.2) is 0 Å². The fourth-order valence-corrected chi connectivity index (χ4v) is 2.24. The highest BCUT2D eigenvalue weighted by Gasteiger charge is 2.41. The average Bonchev–Trinajstić information content (AvgIpc) is 2.10. The van der Waals surface area contributed by atoms with E-state index in [0.717, 1.165) is 0 Å². The summed E-state index contributed by atoms with van der Waals surface area (Å²) in [5.74, 6) is 0.200. The second kappa shape index (κ2) is 4.12. The summed E-state index contributed by atoms with van der Waals surface area (Å²) in [7, 11) is 0. The van der Waals surface area contributed by atoms with Crippen molar-refractivity contribution in [3.63, 3.8) is 0 Å². The molecular formula is C11H21NO. The van der Waals surface area contributed by atoms with Crippen LogP contribution in [-0.4, -0.2) is 11.9 Å². The van der Waals surface area contributed by atoms with Gasteiger partial charge in [0.2, 0.25) is 5.91 Å². The van der Waals surface area contributed by atoms with Crippen molar-refractivity contribution in [2.24, 2.45) is 5.41 Å². The Balaban J connectivity index is 2.28. The molecule has 1 saturated carbocycles. The molecular weight excluding hydrogens is 162 g/mol. The molecule has 1 aliphatic rings. The molecule has 13 heavy (non-hydrogen) atoms. The van der Waals surface area contributed by atoms with Gasteiger partial charge in [0.05, 0.1) is 0 Å². The zero-order valence-corrected chi connectivity index (χ0v) is 9.02. The number of rotatable bonds is 4. The topological polar surface area (TPSA) is 29.1 Å². The van der Waals surface area contributed by atoms with Crippen LogP contribution in [0.25, 0.3) is 0 Å². The average molecular weight is 183 g/mol. The van der Waals surface area contributed by atoms with E-state index in [0.29, 0.717) is 17.9 Å². The number of nitrogens with one attached hydrogen (secondary N) is 1. The van der Waals surface area contributed by atoms with Crippen molar-refractivity contribution < 1.29 is 4.79 Å². The largest absolute Gasteiger partial charge is 0.353 e. The maximum absolute atomic E-state index is 11.1. The molecule has 0 unspecified atom stereocenters. The molecule has 1 rings (SSSR count). The van der Waals surface area contributed by atoms with Gasteiger partial charge in [0, 0.05) is 12.5 Å². The summed E-state index contributed by atoms with van der Waals surface area (Å²) >= 11 is 0. The van der Waals surface area contributed by atoms with E-state index in [1.54, 1.807) is 0 Å². The molecule has 76 valence electrons. The monoisotopic (exact) mass is 183 g/mol. The van der Waals surface area contributed by atoms with Gasteiger partial charge in [-0.05, 0) is 18.3 Å². The SMILES string of the molecule is CCC(=O)NC1CC(CC)(CC)C1. The first-order chi connectivity index (χ1) is 6.15. The Morgan fingerprint density at radius 1 is 1.31 bits per heavy atom. The highest BCUT2D eigenvalue weighted by atomic mass is 16.1. The molecule has 2 nitrogen and oxygen atoms in total. The third-order valence-corrected chi connectivity index (χ3v) is 3.55. The molecule has 0 aromatic heterocycles. The molecule has 0 heterocycles. The third-order valence-electron chi connectivity index (χ3n) is 3.55. The van der Waals surface area contributed by atoms with E-state index in [9.17, 15) is 4.79 Å². The van der Waals surface area contributed by atoms with Crippen LogP contribution in [0.3, 0.4) is 0 Å². The number of carbonyl (C=O) groups excluding carboxylic acids is 1. The van der Waals surface area contributed by atoms with Crippen LogP contribution < -0.4 is 5.32 Å². The second-order valence-corrected chi connectivity index (χ2v) is 4.23. The number of hydrogen-bond donors (Lipinski definition) is 1. The first-order valence-corrected chi connectivity index (χ1v) is 5.45. The van der Waals surface area contributed by atoms with Crippen LogP contribution in [0.5, 0.6) is 0 Å². The van der Waals surface area contributed by atoms with Gasteiger partial charge in [0.1, 0.15) is 0 Å². The quantitative estimate of drug-likeness (QED) is 0.712. The van der Waals surface area contributed by atoms with Crippen LogP contribution in [0.4, 0.5) is 0 Å². The smallest absolute Gasteiger partial charge is 0.219 e. The highest BCUT2D eigenvalue weighted by molar-refractivity contribution is 5.75. The molecule has 1 amide bonds. The summed E-state index contributed by atoms with van der Waals surface area (Å²) in [5.41, 5.74) is 0.547. The van der Waals surface area contributed by atoms with Crippen LogP contribution in [0, 0.1) is 5.41 Å². The summed E-state index contributed by atoms with van der Waals surface area (Å²) in [6, 6.07) is 0.465. The Morgan fingerprint density at radius 3 is 2.23 bits per heavy atom. The molecule has 0 aliphatic heterocycles. The van der Waals surface area contributed by atoms with Crippen LogP contribution in [0.2, 0.25) is 0 Å². The second-order valence-electron chi connectivity index (χ2n) is 4.23. The fraction of sp³-hybridized carbons (Fsp3) is 0.909. The molecule has 0 aromatic carbocycles. The molecule has 0 radical (unpaired) electrons. The molecule has 0 bridgehead atoms. The lowest BCUT2D eigenvalue weighted by molar-refractivity contribution is -0.123. The van der Waals surface area contributed by atoms with E-state index < -0.39 is 0 Å². The molecule has 1 fully saturated rings. The zero-order chi connectivity index (χ0) is 9.90. The summed E-state index contributed by atoms with van der Waals surface area (Å²) in [6.07, 6.45) is 5.49. The lowest BCUT2D eigenvalue weighted by Gasteiger charge is -2.47. The Labute approximate surface area is 81.1 Å². The van der Waals surface area contributed by atoms with Crippen LogP contribution in [0.1, 0.15) is 52.9 Å². The minimum absolute atomic E-state index is 0.200. The normalized spacial score (nSPS) is 20.8. The van der Waals surface area contributed by atoms with E-state index in [4.69, 9.17) is 0 Å². The molecule has 2 heteroatoms. The first kappa shape index (κ1) is 10.6. The molecule has 0 atom stereocenters. The number of amides is 1. The van der Waals surface area contributed by atoms with Gasteiger partial charge in [-0.2, -0.15) is 0 Å². The lowest BCUT2D eigenvalue weighted by Crippen LogP contribution is -2.50. The Morgan fingerprint density at radius 2 is 1.85 bits per heavy atom. The van der Waals surface area contributed by atoms with E-state index in [-0.39, 0.29) is 5.91 Å². The van der Waals surface area contributed by atoms with Crippen LogP contribution >= 0.6 is 0 Å². The molecule has 0 saturated heterocycles. The summed E-state index contributed by atoms with van der Waals surface area (Å²) in [5, 5.41) is 3.05. The minimum atomic E-state index is 0.200. The summed E-state index contributed by atoms with van der Waals surface area (Å²) in [4.78, 5) is 11.1. The van der Waals surface area contributed by atoms with Crippen molar-refractivity contribution in [3.05, 3.63) is 0 Å². The minimum Gasteiger partial charge on any atom is -0.353 e. The Hall–Kier alpha value is -0.530. The summed E-state index contributed by atoms with van der Waals surface area (Å²) < 4.78 is 0. The maximum Gasteiger partial charge on any atom is 0.219 e. The van der Waals surface area contributed by atoms with Crippen molar-refractivity contribution in [2.75, 3.05) is 0 Å². The zero-order valence-electron chi connectivity index (χ0n) is 9.02. The maximum atomic E-state index is 11.1. The Bertz CT molecular complexity index is 177. The van der Waals surface area contributed by atoms with Crippen molar-refractivity contribution in [1.82, 2.24) is 5.32 Å². The van der Waals surface area contributed by atoms with Crippen LogP contribution in [-0.2, 0) is 4.79 Å². The first-order valence-electron chi connectivity index (χ1n) is 5.45. The predicted octanol–water partition coefficient (Wildman–Crippen LogP) is 2.48. The highest BCUT2D eigenvalue weighted by Crippen LogP contribution is 2.46. The van der Waals surface area contributed by atoms with E-state index in [1.807, 2.05) is 6.92 Å². The molecule has 0 spiro atoms. The van der Waals surface area contributed by atoms with Crippen molar-refractivity contribution >= 4 is 5.91 Å². The van der Waals surface area contributed by atoms with Gasteiger partial charge in [-0.3, -0.25) is 4.79 Å². The van der Waals surface area contributed by atoms with E-state index in [2.05, 4.69) is 19.2 Å². The van der Waals surface area contributed by atoms with Gasteiger partial charge in [-0.1, -0.05) is 33.6 Å². The summed E-state index contributed by atoms with van der Waals surface area (Å²) in [6.45, 7) is 6.41. The van der Waals surface area contributed by atoms with E-state index in [1.165, 1.54) is 25.7 Å². The van der Waals surface area contributed by atoms with Crippen LogP contribution in [0.15, 0.2) is 0 Å². The van der Waals surface area contributed by atoms with Gasteiger partial charge in [-0.15, -0.1) is 0 Å². The lowest BCUT2D eigenvalue weighted by atomic mass is 9.62. The number of carbonyl (C=O) groups is 1. The van der Waals surface area contributed by atoms with Crippen molar-refractivity contribution in [1.29, 1.82) is 0 Å². The number of hydrogen-bond acceptors (Lipinski definition) is 1. The van der Waals surface area contributed by atoms with Crippen molar-refractivity contribution in [2.45, 2.75) is 58.9 Å². The third kappa shape index (κ3) is 2.23. The van der Waals surface area contributed by atoms with E-state index >= 15 is 0 Å². The molecule has 0 aromatic rings. The van der Waals surface area contributed by atoms with Gasteiger partial charge >= 0.3 is 0 Å². The van der Waals surface area contributed by atoms with Crippen molar-refractivity contribution in [3.8, 4) is 0 Å². The van der Waals surface area contributed by atoms with Gasteiger partial charge in [0.25, 0.3) is 0 Å². The molecule has 1 aliphatic carbocycles. The fourth-order valence-electron chi connectivity index (χ4n) is 2.24. The Kier molecular flexibility index (Phi) is 3.34. The predicted molar refractivity (Wildman–Crippen MR) is 54.5 cm³/mol. The van der Waals surface area contributed by atoms with Gasteiger partial charge < -0.3 is 5.32 Å².